The second kappa shape index (κ2) is 4.19. The van der Waals surface area contributed by atoms with Crippen LogP contribution >= 0.6 is 0 Å². The Balaban J connectivity index is 1.68. The number of nitrogens with two attached hydrogens (primary N) is 1. The molecule has 2 nitrogen and oxygen atoms in total. The second-order valence-corrected chi connectivity index (χ2v) is 5.24. The van der Waals surface area contributed by atoms with E-state index in [1.54, 1.807) is 0 Å². The molecule has 1 fully saturated rings. The van der Waals surface area contributed by atoms with Crippen molar-refractivity contribution >= 4 is 0 Å². The van der Waals surface area contributed by atoms with Crippen LogP contribution in [0.2, 0.25) is 0 Å². The van der Waals surface area contributed by atoms with Crippen LogP contribution < -0.4 is 5.73 Å². The quantitative estimate of drug-likeness (QED) is 0.835. The van der Waals surface area contributed by atoms with Crippen molar-refractivity contribution in [2.75, 3.05) is 6.54 Å². The molecule has 1 aliphatic heterocycles. The summed E-state index contributed by atoms with van der Waals surface area (Å²) in [5.41, 5.74) is 8.92. The van der Waals surface area contributed by atoms with E-state index in [9.17, 15) is 0 Å². The maximum Gasteiger partial charge on any atom is 0.0244 e. The predicted molar refractivity (Wildman–Crippen MR) is 65.9 cm³/mol. The molecule has 0 saturated heterocycles. The maximum absolute atomic E-state index is 5.92. The Morgan fingerprint density at radius 2 is 1.81 bits per heavy atom. The SMILES string of the molecule is NCC(CC1CC1)N1Cc2ccccc2C1. The summed E-state index contributed by atoms with van der Waals surface area (Å²) in [7, 11) is 0. The van der Waals surface area contributed by atoms with Gasteiger partial charge in [-0.2, -0.15) is 0 Å². The molecule has 1 atom stereocenters. The molecule has 2 heteroatoms. The average Bonchev–Trinajstić information content (AvgIpc) is 3.02. The maximum atomic E-state index is 5.92. The van der Waals surface area contributed by atoms with Gasteiger partial charge < -0.3 is 5.73 Å². The summed E-state index contributed by atoms with van der Waals surface area (Å²) in [4.78, 5) is 2.56. The van der Waals surface area contributed by atoms with Crippen LogP contribution in [0.4, 0.5) is 0 Å². The summed E-state index contributed by atoms with van der Waals surface area (Å²) in [6, 6.07) is 9.38. The minimum atomic E-state index is 0.597. The standard InChI is InChI=1S/C14H20N2/c15-8-14(7-11-5-6-11)16-9-12-3-1-2-4-13(12)10-16/h1-4,11,14H,5-10,15H2. The molecule has 0 aromatic heterocycles. The van der Waals surface area contributed by atoms with Gasteiger partial charge in [0.25, 0.3) is 0 Å². The van der Waals surface area contributed by atoms with Gasteiger partial charge in [0, 0.05) is 25.7 Å². The van der Waals surface area contributed by atoms with E-state index in [0.717, 1.165) is 25.6 Å². The van der Waals surface area contributed by atoms with Gasteiger partial charge in [-0.05, 0) is 23.5 Å². The summed E-state index contributed by atoms with van der Waals surface area (Å²) in [6.07, 6.45) is 4.17. The van der Waals surface area contributed by atoms with E-state index in [0.29, 0.717) is 6.04 Å². The highest BCUT2D eigenvalue weighted by Crippen LogP contribution is 2.36. The first-order valence-electron chi connectivity index (χ1n) is 6.37. The number of hydrogen-bond acceptors (Lipinski definition) is 2. The summed E-state index contributed by atoms with van der Waals surface area (Å²) >= 11 is 0. The molecule has 2 aliphatic rings. The van der Waals surface area contributed by atoms with Crippen LogP contribution in [0, 0.1) is 5.92 Å². The lowest BCUT2D eigenvalue weighted by Crippen LogP contribution is -2.37. The number of nitrogens with zero attached hydrogens (tertiary/aromatic N) is 1. The lowest BCUT2D eigenvalue weighted by atomic mass is 10.1. The van der Waals surface area contributed by atoms with Crippen LogP contribution in [-0.4, -0.2) is 17.5 Å². The van der Waals surface area contributed by atoms with Crippen molar-refractivity contribution in [3.8, 4) is 0 Å². The molecule has 0 amide bonds. The molecular weight excluding hydrogens is 196 g/mol. The highest BCUT2D eigenvalue weighted by molar-refractivity contribution is 5.30. The summed E-state index contributed by atoms with van der Waals surface area (Å²) < 4.78 is 0. The predicted octanol–water partition coefficient (Wildman–Crippen LogP) is 2.13. The van der Waals surface area contributed by atoms with Crippen LogP contribution in [0.3, 0.4) is 0 Å². The summed E-state index contributed by atoms with van der Waals surface area (Å²) in [5.74, 6) is 0.970. The van der Waals surface area contributed by atoms with Gasteiger partial charge in [-0.1, -0.05) is 37.1 Å². The van der Waals surface area contributed by atoms with Crippen molar-refractivity contribution in [1.29, 1.82) is 0 Å². The van der Waals surface area contributed by atoms with Crippen molar-refractivity contribution in [2.45, 2.75) is 38.4 Å². The minimum absolute atomic E-state index is 0.597. The second-order valence-electron chi connectivity index (χ2n) is 5.24. The smallest absolute Gasteiger partial charge is 0.0244 e. The van der Waals surface area contributed by atoms with Crippen molar-refractivity contribution in [3.05, 3.63) is 35.4 Å². The Hall–Kier alpha value is -0.860. The normalized spacial score (nSPS) is 22.1. The minimum Gasteiger partial charge on any atom is -0.329 e. The first-order chi connectivity index (χ1) is 7.86. The lowest BCUT2D eigenvalue weighted by molar-refractivity contribution is 0.187. The van der Waals surface area contributed by atoms with Gasteiger partial charge in [-0.15, -0.1) is 0 Å². The van der Waals surface area contributed by atoms with Crippen molar-refractivity contribution < 1.29 is 0 Å². The fourth-order valence-corrected chi connectivity index (χ4v) is 2.75. The Morgan fingerprint density at radius 3 is 2.31 bits per heavy atom. The zero-order valence-electron chi connectivity index (χ0n) is 9.73. The molecule has 3 rings (SSSR count). The fraction of sp³-hybridized carbons (Fsp3) is 0.571. The number of benzene rings is 1. The van der Waals surface area contributed by atoms with E-state index in [-0.39, 0.29) is 0 Å². The van der Waals surface area contributed by atoms with Gasteiger partial charge >= 0.3 is 0 Å². The van der Waals surface area contributed by atoms with Gasteiger partial charge in [-0.3, -0.25) is 4.90 Å². The van der Waals surface area contributed by atoms with Crippen molar-refractivity contribution in [2.24, 2.45) is 11.7 Å². The van der Waals surface area contributed by atoms with Crippen LogP contribution in [0.15, 0.2) is 24.3 Å². The van der Waals surface area contributed by atoms with Crippen molar-refractivity contribution in [1.82, 2.24) is 4.90 Å². The van der Waals surface area contributed by atoms with E-state index in [4.69, 9.17) is 5.73 Å². The van der Waals surface area contributed by atoms with Crippen LogP contribution in [0.1, 0.15) is 30.4 Å². The van der Waals surface area contributed by atoms with Gasteiger partial charge in [0.2, 0.25) is 0 Å². The van der Waals surface area contributed by atoms with E-state index in [1.165, 1.54) is 30.4 Å². The summed E-state index contributed by atoms with van der Waals surface area (Å²) in [5, 5.41) is 0. The van der Waals surface area contributed by atoms with Crippen LogP contribution in [0.5, 0.6) is 0 Å². The number of hydrogen-bond donors (Lipinski definition) is 1. The molecule has 1 aromatic rings. The molecular formula is C14H20N2. The molecule has 0 radical (unpaired) electrons. The molecule has 0 spiro atoms. The van der Waals surface area contributed by atoms with E-state index >= 15 is 0 Å². The first kappa shape index (κ1) is 10.3. The molecule has 16 heavy (non-hydrogen) atoms. The highest BCUT2D eigenvalue weighted by atomic mass is 15.2. The highest BCUT2D eigenvalue weighted by Gasteiger charge is 2.30. The molecule has 0 bridgehead atoms. The zero-order chi connectivity index (χ0) is 11.0. The molecule has 1 aromatic carbocycles. The topological polar surface area (TPSA) is 29.3 Å². The van der Waals surface area contributed by atoms with Crippen molar-refractivity contribution in [3.63, 3.8) is 0 Å². The third-order valence-corrected chi connectivity index (χ3v) is 3.96. The molecule has 1 saturated carbocycles. The fourth-order valence-electron chi connectivity index (χ4n) is 2.75. The van der Waals surface area contributed by atoms with Gasteiger partial charge in [0.05, 0.1) is 0 Å². The molecule has 1 unspecified atom stereocenters. The average molecular weight is 216 g/mol. The Morgan fingerprint density at radius 1 is 1.19 bits per heavy atom. The van der Waals surface area contributed by atoms with E-state index in [1.807, 2.05) is 0 Å². The van der Waals surface area contributed by atoms with Crippen LogP contribution in [0.25, 0.3) is 0 Å². The third kappa shape index (κ3) is 2.00. The number of rotatable bonds is 4. The summed E-state index contributed by atoms with van der Waals surface area (Å²) in [6.45, 7) is 3.01. The van der Waals surface area contributed by atoms with E-state index < -0.39 is 0 Å². The molecule has 86 valence electrons. The van der Waals surface area contributed by atoms with Gasteiger partial charge in [-0.25, -0.2) is 0 Å². The number of fused-ring (bicyclic) bond motifs is 1. The molecule has 1 heterocycles. The largest absolute Gasteiger partial charge is 0.329 e. The Kier molecular flexibility index (Phi) is 2.70. The molecule has 1 aliphatic carbocycles. The Bertz CT molecular complexity index is 346. The lowest BCUT2D eigenvalue weighted by Gasteiger charge is -2.26. The zero-order valence-corrected chi connectivity index (χ0v) is 9.73. The van der Waals surface area contributed by atoms with E-state index in [2.05, 4.69) is 29.2 Å². The first-order valence-corrected chi connectivity index (χ1v) is 6.37. The monoisotopic (exact) mass is 216 g/mol. The van der Waals surface area contributed by atoms with Gasteiger partial charge in [0.1, 0.15) is 0 Å². The molecule has 2 N–H and O–H groups in total. The van der Waals surface area contributed by atoms with Crippen LogP contribution in [-0.2, 0) is 13.1 Å². The van der Waals surface area contributed by atoms with Gasteiger partial charge in [0.15, 0.2) is 0 Å². The third-order valence-electron chi connectivity index (χ3n) is 3.96. The Labute approximate surface area is 97.4 Å².